The van der Waals surface area contributed by atoms with Gasteiger partial charge in [0.2, 0.25) is 0 Å². The summed E-state index contributed by atoms with van der Waals surface area (Å²) in [5.74, 6) is 0.299. The van der Waals surface area contributed by atoms with E-state index in [1.165, 1.54) is 6.07 Å². The summed E-state index contributed by atoms with van der Waals surface area (Å²) in [6.07, 6.45) is 1.64. The SMILES string of the molecule is CC(=NOCCO)c1ccc2c(n1)N(Cc1cc3cccnc3cc1F)NN2. The van der Waals surface area contributed by atoms with Crippen LogP contribution in [0, 0.1) is 5.82 Å². The fourth-order valence-corrected chi connectivity index (χ4v) is 2.91. The van der Waals surface area contributed by atoms with Crippen LogP contribution >= 0.6 is 0 Å². The highest BCUT2D eigenvalue weighted by Gasteiger charge is 2.22. The molecule has 0 aliphatic carbocycles. The standard InChI is InChI=1S/C19H19FN6O2/c1-12(24-28-8-7-27)16-4-5-17-19(22-16)26(25-23-17)11-14-9-13-3-2-6-21-18(13)10-15(14)20/h2-6,9-10,23,25,27H,7-8,11H2,1H3. The van der Waals surface area contributed by atoms with Crippen LogP contribution < -0.4 is 16.0 Å². The number of anilines is 2. The van der Waals surface area contributed by atoms with Gasteiger partial charge in [0.25, 0.3) is 0 Å². The van der Waals surface area contributed by atoms with Crippen LogP contribution in [0.25, 0.3) is 10.9 Å². The summed E-state index contributed by atoms with van der Waals surface area (Å²) in [5.41, 5.74) is 9.13. The molecule has 0 unspecified atom stereocenters. The average molecular weight is 382 g/mol. The number of hydrazine groups is 2. The number of oxime groups is 1. The highest BCUT2D eigenvalue weighted by molar-refractivity contribution is 5.97. The molecule has 0 saturated heterocycles. The minimum atomic E-state index is -0.326. The maximum atomic E-state index is 14.5. The van der Waals surface area contributed by atoms with Crippen molar-refractivity contribution < 1.29 is 14.3 Å². The molecule has 0 saturated carbocycles. The molecule has 0 radical (unpaired) electrons. The minimum absolute atomic E-state index is 0.108. The number of aromatic nitrogens is 2. The predicted molar refractivity (Wildman–Crippen MR) is 104 cm³/mol. The Bertz CT molecular complexity index is 1040. The van der Waals surface area contributed by atoms with Gasteiger partial charge in [-0.3, -0.25) is 9.99 Å². The van der Waals surface area contributed by atoms with E-state index >= 15 is 0 Å². The molecule has 4 rings (SSSR count). The Kier molecular flexibility index (Phi) is 5.00. The number of fused-ring (bicyclic) bond motifs is 2. The fraction of sp³-hybridized carbons (Fsp3) is 0.211. The van der Waals surface area contributed by atoms with Crippen molar-refractivity contribution in [1.29, 1.82) is 0 Å². The molecular formula is C19H19FN6O2. The number of nitrogens with one attached hydrogen (secondary N) is 2. The van der Waals surface area contributed by atoms with Gasteiger partial charge < -0.3 is 15.4 Å². The molecule has 0 atom stereocenters. The smallest absolute Gasteiger partial charge is 0.170 e. The summed E-state index contributed by atoms with van der Waals surface area (Å²) < 4.78 is 14.5. The second-order valence-corrected chi connectivity index (χ2v) is 6.26. The monoisotopic (exact) mass is 382 g/mol. The van der Waals surface area contributed by atoms with Crippen LogP contribution in [-0.2, 0) is 11.4 Å². The molecule has 0 bridgehead atoms. The van der Waals surface area contributed by atoms with Gasteiger partial charge in [-0.15, -0.1) is 5.53 Å². The van der Waals surface area contributed by atoms with Crippen molar-refractivity contribution in [3.8, 4) is 0 Å². The first-order chi connectivity index (χ1) is 13.7. The van der Waals surface area contributed by atoms with Crippen molar-refractivity contribution in [1.82, 2.24) is 15.5 Å². The highest BCUT2D eigenvalue weighted by atomic mass is 19.1. The molecule has 3 aromatic rings. The van der Waals surface area contributed by atoms with Gasteiger partial charge in [0.15, 0.2) is 5.82 Å². The molecule has 2 aromatic heterocycles. The third-order valence-electron chi connectivity index (χ3n) is 4.31. The lowest BCUT2D eigenvalue weighted by atomic mass is 10.1. The number of halogens is 1. The Morgan fingerprint density at radius 2 is 2.21 bits per heavy atom. The quantitative estimate of drug-likeness (QED) is 0.342. The van der Waals surface area contributed by atoms with Crippen LogP contribution in [0.4, 0.5) is 15.9 Å². The number of rotatable bonds is 6. The van der Waals surface area contributed by atoms with E-state index in [2.05, 4.69) is 26.1 Å². The Hall–Kier alpha value is -3.30. The molecule has 3 N–H and O–H groups in total. The minimum Gasteiger partial charge on any atom is -0.393 e. The lowest BCUT2D eigenvalue weighted by Crippen LogP contribution is -2.36. The van der Waals surface area contributed by atoms with Gasteiger partial charge >= 0.3 is 0 Å². The lowest BCUT2D eigenvalue weighted by molar-refractivity contribution is 0.0986. The van der Waals surface area contributed by atoms with Gasteiger partial charge in [-0.1, -0.05) is 11.2 Å². The maximum absolute atomic E-state index is 14.5. The molecule has 9 heteroatoms. The van der Waals surface area contributed by atoms with Crippen molar-refractivity contribution in [2.45, 2.75) is 13.5 Å². The van der Waals surface area contributed by atoms with Gasteiger partial charge in [-0.05, 0) is 31.2 Å². The number of nitrogens with zero attached hydrogens (tertiary/aromatic N) is 4. The zero-order valence-electron chi connectivity index (χ0n) is 15.2. The number of hydrogen-bond acceptors (Lipinski definition) is 8. The highest BCUT2D eigenvalue weighted by Crippen LogP contribution is 2.29. The van der Waals surface area contributed by atoms with Crippen molar-refractivity contribution in [3.05, 3.63) is 59.7 Å². The van der Waals surface area contributed by atoms with Gasteiger partial charge in [0.1, 0.15) is 18.1 Å². The van der Waals surface area contributed by atoms with E-state index in [9.17, 15) is 4.39 Å². The van der Waals surface area contributed by atoms with Gasteiger partial charge in [-0.2, -0.15) is 0 Å². The zero-order valence-corrected chi connectivity index (χ0v) is 15.2. The van der Waals surface area contributed by atoms with E-state index in [0.717, 1.165) is 11.1 Å². The predicted octanol–water partition coefficient (Wildman–Crippen LogP) is 2.35. The zero-order chi connectivity index (χ0) is 19.5. The second-order valence-electron chi connectivity index (χ2n) is 6.26. The normalized spacial score (nSPS) is 13.5. The summed E-state index contributed by atoms with van der Waals surface area (Å²) in [7, 11) is 0. The first kappa shape index (κ1) is 18.1. The Balaban J connectivity index is 1.60. The molecule has 0 fully saturated rings. The van der Waals surface area contributed by atoms with Crippen LogP contribution in [0.1, 0.15) is 18.2 Å². The van der Waals surface area contributed by atoms with E-state index in [1.807, 2.05) is 18.2 Å². The molecule has 144 valence electrons. The van der Waals surface area contributed by atoms with Crippen molar-refractivity contribution >= 4 is 28.1 Å². The van der Waals surface area contributed by atoms with Crippen LogP contribution in [0.3, 0.4) is 0 Å². The number of aliphatic hydroxyl groups is 1. The van der Waals surface area contributed by atoms with E-state index in [4.69, 9.17) is 9.94 Å². The fourth-order valence-electron chi connectivity index (χ4n) is 2.91. The Morgan fingerprint density at radius 1 is 1.32 bits per heavy atom. The number of aliphatic hydroxyl groups excluding tert-OH is 1. The molecule has 1 aliphatic heterocycles. The van der Waals surface area contributed by atoms with Crippen molar-refractivity contribution in [3.63, 3.8) is 0 Å². The number of pyridine rings is 2. The molecule has 1 aliphatic rings. The van der Waals surface area contributed by atoms with Crippen molar-refractivity contribution in [2.75, 3.05) is 23.6 Å². The van der Waals surface area contributed by atoms with E-state index < -0.39 is 0 Å². The first-order valence-electron chi connectivity index (χ1n) is 8.77. The number of benzene rings is 1. The van der Waals surface area contributed by atoms with Gasteiger partial charge in [-0.25, -0.2) is 9.37 Å². The largest absolute Gasteiger partial charge is 0.393 e. The topological polar surface area (TPSA) is 94.9 Å². The van der Waals surface area contributed by atoms with Crippen LogP contribution in [-0.4, -0.2) is 34.0 Å². The third kappa shape index (κ3) is 3.57. The molecule has 3 heterocycles. The van der Waals surface area contributed by atoms with Crippen LogP contribution in [0.15, 0.2) is 47.8 Å². The average Bonchev–Trinajstić information content (AvgIpc) is 3.10. The summed E-state index contributed by atoms with van der Waals surface area (Å²) in [6, 6.07) is 10.6. The molecule has 0 spiro atoms. The molecule has 1 aromatic carbocycles. The summed E-state index contributed by atoms with van der Waals surface area (Å²) >= 11 is 0. The molecular weight excluding hydrogens is 363 g/mol. The number of hydrogen-bond donors (Lipinski definition) is 3. The van der Waals surface area contributed by atoms with E-state index in [1.54, 1.807) is 30.3 Å². The van der Waals surface area contributed by atoms with E-state index in [-0.39, 0.29) is 25.6 Å². The van der Waals surface area contributed by atoms with Crippen molar-refractivity contribution in [2.24, 2.45) is 5.16 Å². The molecule has 0 amide bonds. The summed E-state index contributed by atoms with van der Waals surface area (Å²) in [5, 5.41) is 15.3. The summed E-state index contributed by atoms with van der Waals surface area (Å²) in [4.78, 5) is 13.8. The van der Waals surface area contributed by atoms with Crippen LogP contribution in [0.5, 0.6) is 0 Å². The summed E-state index contributed by atoms with van der Waals surface area (Å²) in [6.45, 7) is 2.04. The van der Waals surface area contributed by atoms with Crippen LogP contribution in [0.2, 0.25) is 0 Å². The van der Waals surface area contributed by atoms with Gasteiger partial charge in [0, 0.05) is 23.2 Å². The Labute approximate surface area is 160 Å². The first-order valence-corrected chi connectivity index (χ1v) is 8.77. The molecule has 28 heavy (non-hydrogen) atoms. The lowest BCUT2D eigenvalue weighted by Gasteiger charge is -2.18. The molecule has 8 nitrogen and oxygen atoms in total. The Morgan fingerprint density at radius 3 is 3.07 bits per heavy atom. The van der Waals surface area contributed by atoms with Gasteiger partial charge in [0.05, 0.1) is 30.0 Å². The maximum Gasteiger partial charge on any atom is 0.170 e. The van der Waals surface area contributed by atoms with E-state index in [0.29, 0.717) is 28.3 Å². The third-order valence-corrected chi connectivity index (χ3v) is 4.31. The second kappa shape index (κ2) is 7.75.